The fraction of sp³-hybridized carbons (Fsp3) is 0.615. The fourth-order valence-corrected chi connectivity index (χ4v) is 10.0. The van der Waals surface area contributed by atoms with Crippen molar-refractivity contribution < 1.29 is 0 Å². The van der Waals surface area contributed by atoms with E-state index in [9.17, 15) is 0 Å². The number of rotatable bonds is 6. The van der Waals surface area contributed by atoms with Crippen LogP contribution in [0.25, 0.3) is 0 Å². The normalized spacial score (nSPS) is 25.4. The van der Waals surface area contributed by atoms with Crippen LogP contribution in [0, 0.1) is 5.92 Å². The molecule has 3 aliphatic rings. The van der Waals surface area contributed by atoms with Gasteiger partial charge >= 0.3 is 0 Å². The van der Waals surface area contributed by atoms with E-state index >= 15 is 0 Å². The van der Waals surface area contributed by atoms with Gasteiger partial charge in [-0.3, -0.25) is 0 Å². The molecule has 0 amide bonds. The molecule has 2 fully saturated rings. The maximum atomic E-state index is 2.55. The Hall–Kier alpha value is -0.910. The number of benzene rings is 1. The Kier molecular flexibility index (Phi) is 7.08. The summed E-state index contributed by atoms with van der Waals surface area (Å²) in [6.45, 7) is 0. The molecule has 2 heteroatoms. The van der Waals surface area contributed by atoms with E-state index < -0.39 is 0 Å². The highest BCUT2D eigenvalue weighted by Crippen LogP contribution is 2.65. The van der Waals surface area contributed by atoms with Gasteiger partial charge in [0.2, 0.25) is 0 Å². The SMILES string of the molecule is CN(C)C(c1ccccc1)C1C=CC=C1P(C1CCCCC1)C1CCCCC1. The molecule has 0 radical (unpaired) electrons. The molecular formula is C26H38NP. The van der Waals surface area contributed by atoms with Crippen LogP contribution >= 0.6 is 7.92 Å². The predicted molar refractivity (Wildman–Crippen MR) is 124 cm³/mol. The zero-order chi connectivity index (χ0) is 19.3. The van der Waals surface area contributed by atoms with E-state index in [1.54, 1.807) is 0 Å². The first kappa shape index (κ1) is 20.4. The lowest BCUT2D eigenvalue weighted by atomic mass is 9.93. The summed E-state index contributed by atoms with van der Waals surface area (Å²) in [6, 6.07) is 11.7. The minimum absolute atomic E-state index is 0.0131. The lowest BCUT2D eigenvalue weighted by Gasteiger charge is -2.43. The van der Waals surface area contributed by atoms with Crippen LogP contribution in [0.4, 0.5) is 0 Å². The topological polar surface area (TPSA) is 3.24 Å². The maximum absolute atomic E-state index is 2.55. The molecule has 0 heterocycles. The van der Waals surface area contributed by atoms with Gasteiger partial charge in [-0.1, -0.05) is 95.0 Å². The molecule has 0 spiro atoms. The second-order valence-electron chi connectivity index (χ2n) is 9.31. The zero-order valence-corrected chi connectivity index (χ0v) is 18.8. The van der Waals surface area contributed by atoms with Crippen molar-refractivity contribution in [2.75, 3.05) is 14.1 Å². The number of allylic oxidation sites excluding steroid dienone is 2. The zero-order valence-electron chi connectivity index (χ0n) is 17.9. The summed E-state index contributed by atoms with van der Waals surface area (Å²) in [5, 5.41) is 1.83. The van der Waals surface area contributed by atoms with Crippen molar-refractivity contribution in [2.24, 2.45) is 5.92 Å². The van der Waals surface area contributed by atoms with E-state index in [0.717, 1.165) is 11.3 Å². The Morgan fingerprint density at radius 2 is 1.39 bits per heavy atom. The standard InChI is InChI=1S/C26H38NP/c1-27(2)26(21-13-6-3-7-14-21)24-19-12-20-25(24)28(22-15-8-4-9-16-22)23-17-10-5-11-18-23/h3,6-7,12-14,19-20,22-24,26H,4-5,8-11,15-18H2,1-2H3. The first-order chi connectivity index (χ1) is 13.8. The van der Waals surface area contributed by atoms with Gasteiger partial charge in [0.25, 0.3) is 0 Å². The third kappa shape index (κ3) is 4.47. The lowest BCUT2D eigenvalue weighted by Crippen LogP contribution is -2.29. The third-order valence-corrected chi connectivity index (χ3v) is 10.8. The van der Waals surface area contributed by atoms with Crippen LogP contribution in [0.2, 0.25) is 0 Å². The minimum atomic E-state index is -0.0131. The van der Waals surface area contributed by atoms with Crippen molar-refractivity contribution in [1.29, 1.82) is 0 Å². The molecule has 2 atom stereocenters. The van der Waals surface area contributed by atoms with E-state index in [4.69, 9.17) is 0 Å². The summed E-state index contributed by atoms with van der Waals surface area (Å²) >= 11 is 0. The fourth-order valence-electron chi connectivity index (χ4n) is 5.92. The molecule has 2 unspecified atom stereocenters. The van der Waals surface area contributed by atoms with Crippen LogP contribution in [0.3, 0.4) is 0 Å². The van der Waals surface area contributed by atoms with Crippen molar-refractivity contribution >= 4 is 7.92 Å². The Balaban J connectivity index is 1.64. The Morgan fingerprint density at radius 1 is 0.821 bits per heavy atom. The van der Waals surface area contributed by atoms with E-state index in [2.05, 4.69) is 67.6 Å². The third-order valence-electron chi connectivity index (χ3n) is 7.20. The van der Waals surface area contributed by atoms with Gasteiger partial charge in [-0.2, -0.15) is 0 Å². The van der Waals surface area contributed by atoms with Crippen LogP contribution in [0.15, 0.2) is 53.9 Å². The molecule has 2 saturated carbocycles. The minimum Gasteiger partial charge on any atom is -0.301 e. The van der Waals surface area contributed by atoms with Crippen molar-refractivity contribution in [3.05, 3.63) is 59.4 Å². The highest BCUT2D eigenvalue weighted by molar-refractivity contribution is 7.63. The molecule has 3 aliphatic carbocycles. The lowest BCUT2D eigenvalue weighted by molar-refractivity contribution is 0.265. The Bertz CT molecular complexity index is 647. The van der Waals surface area contributed by atoms with Crippen LogP contribution in [0.1, 0.15) is 75.8 Å². The molecular weight excluding hydrogens is 357 g/mol. The highest BCUT2D eigenvalue weighted by Gasteiger charge is 2.39. The molecule has 4 rings (SSSR count). The first-order valence-electron chi connectivity index (χ1n) is 11.6. The number of hydrogen-bond donors (Lipinski definition) is 0. The Labute approximate surface area is 174 Å². The molecule has 0 aliphatic heterocycles. The van der Waals surface area contributed by atoms with Crippen LogP contribution in [-0.2, 0) is 0 Å². The van der Waals surface area contributed by atoms with Gasteiger partial charge in [-0.25, -0.2) is 0 Å². The molecule has 28 heavy (non-hydrogen) atoms. The van der Waals surface area contributed by atoms with Gasteiger partial charge < -0.3 is 4.90 Å². The molecule has 1 nitrogen and oxygen atoms in total. The monoisotopic (exact) mass is 395 g/mol. The van der Waals surface area contributed by atoms with E-state index in [0.29, 0.717) is 12.0 Å². The van der Waals surface area contributed by atoms with E-state index in [-0.39, 0.29) is 7.92 Å². The van der Waals surface area contributed by atoms with Crippen molar-refractivity contribution in [2.45, 2.75) is 81.6 Å². The summed E-state index contributed by atoms with van der Waals surface area (Å²) in [6.07, 6.45) is 22.2. The summed E-state index contributed by atoms with van der Waals surface area (Å²) in [7, 11) is 4.52. The molecule has 0 N–H and O–H groups in total. The summed E-state index contributed by atoms with van der Waals surface area (Å²) in [5.74, 6) is 0.562. The highest BCUT2D eigenvalue weighted by atomic mass is 31.1. The van der Waals surface area contributed by atoms with Crippen LogP contribution in [0.5, 0.6) is 0 Å². The average molecular weight is 396 g/mol. The van der Waals surface area contributed by atoms with Crippen molar-refractivity contribution in [3.8, 4) is 0 Å². The number of hydrogen-bond acceptors (Lipinski definition) is 1. The summed E-state index contributed by atoms with van der Waals surface area (Å²) in [4.78, 5) is 2.46. The van der Waals surface area contributed by atoms with Gasteiger partial charge in [0.15, 0.2) is 0 Å². The largest absolute Gasteiger partial charge is 0.301 e. The van der Waals surface area contributed by atoms with Crippen LogP contribution < -0.4 is 0 Å². The van der Waals surface area contributed by atoms with Crippen molar-refractivity contribution in [1.82, 2.24) is 4.90 Å². The molecule has 1 aromatic carbocycles. The Morgan fingerprint density at radius 3 is 1.93 bits per heavy atom. The van der Waals surface area contributed by atoms with Crippen LogP contribution in [-0.4, -0.2) is 30.3 Å². The van der Waals surface area contributed by atoms with Crippen molar-refractivity contribution in [3.63, 3.8) is 0 Å². The first-order valence-corrected chi connectivity index (χ1v) is 13.1. The summed E-state index contributed by atoms with van der Waals surface area (Å²) < 4.78 is 0. The van der Waals surface area contributed by atoms with Gasteiger partial charge in [0, 0.05) is 12.0 Å². The number of nitrogens with zero attached hydrogens (tertiary/aromatic N) is 1. The molecule has 1 aromatic rings. The van der Waals surface area contributed by atoms with Gasteiger partial charge in [0.05, 0.1) is 0 Å². The second kappa shape index (κ2) is 9.73. The predicted octanol–water partition coefficient (Wildman–Crippen LogP) is 7.51. The van der Waals surface area contributed by atoms with E-state index in [1.807, 2.05) is 5.31 Å². The van der Waals surface area contributed by atoms with E-state index in [1.165, 1.54) is 69.8 Å². The summed E-state index contributed by atoms with van der Waals surface area (Å²) in [5.41, 5.74) is 3.44. The average Bonchev–Trinajstić information content (AvgIpc) is 3.19. The smallest absolute Gasteiger partial charge is 0.0445 e. The molecule has 0 saturated heterocycles. The van der Waals surface area contributed by atoms with Gasteiger partial charge in [-0.15, -0.1) is 0 Å². The molecule has 0 bridgehead atoms. The quantitative estimate of drug-likeness (QED) is 0.451. The molecule has 152 valence electrons. The van der Waals surface area contributed by atoms with Gasteiger partial charge in [-0.05, 0) is 62.0 Å². The molecule has 0 aromatic heterocycles. The second-order valence-corrected chi connectivity index (χ2v) is 12.1. The van der Waals surface area contributed by atoms with Gasteiger partial charge in [0.1, 0.15) is 0 Å². The maximum Gasteiger partial charge on any atom is 0.0445 e.